The highest BCUT2D eigenvalue weighted by atomic mass is 19.1. The molecule has 2 rings (SSSR count). The molecule has 2 aromatic rings. The Kier molecular flexibility index (Phi) is 4.33. The van der Waals surface area contributed by atoms with Crippen molar-refractivity contribution >= 4 is 0 Å². The summed E-state index contributed by atoms with van der Waals surface area (Å²) in [4.78, 5) is 0. The summed E-state index contributed by atoms with van der Waals surface area (Å²) in [5.41, 5.74) is 4.31. The van der Waals surface area contributed by atoms with Gasteiger partial charge in [-0.15, -0.1) is 0 Å². The van der Waals surface area contributed by atoms with Gasteiger partial charge in [0, 0.05) is 5.92 Å². The van der Waals surface area contributed by atoms with Gasteiger partial charge in [0.05, 0.1) is 6.61 Å². The Morgan fingerprint density at radius 3 is 2.37 bits per heavy atom. The van der Waals surface area contributed by atoms with Crippen LogP contribution in [0.1, 0.15) is 28.2 Å². The molecule has 0 radical (unpaired) electrons. The van der Waals surface area contributed by atoms with E-state index in [1.807, 2.05) is 38.1 Å². The summed E-state index contributed by atoms with van der Waals surface area (Å²) < 4.78 is 13.3. The van der Waals surface area contributed by atoms with Crippen molar-refractivity contribution in [3.63, 3.8) is 0 Å². The Balaban J connectivity index is 2.23. The van der Waals surface area contributed by atoms with Crippen LogP contribution in [-0.4, -0.2) is 11.7 Å². The summed E-state index contributed by atoms with van der Waals surface area (Å²) in [5, 5.41) is 9.58. The molecule has 0 aliphatic rings. The van der Waals surface area contributed by atoms with E-state index < -0.39 is 0 Å². The summed E-state index contributed by atoms with van der Waals surface area (Å²) in [6, 6.07) is 13.0. The monoisotopic (exact) mass is 258 g/mol. The van der Waals surface area contributed by atoms with E-state index in [0.717, 1.165) is 16.7 Å². The van der Waals surface area contributed by atoms with Gasteiger partial charge in [-0.25, -0.2) is 4.39 Å². The van der Waals surface area contributed by atoms with Crippen molar-refractivity contribution in [1.29, 1.82) is 0 Å². The van der Waals surface area contributed by atoms with E-state index >= 15 is 0 Å². The number of hydrogen-bond donors (Lipinski definition) is 1. The number of aliphatic hydroxyl groups is 1. The van der Waals surface area contributed by atoms with Crippen LogP contribution < -0.4 is 0 Å². The van der Waals surface area contributed by atoms with Gasteiger partial charge in [0.1, 0.15) is 5.82 Å². The Bertz CT molecular complexity index is 546. The molecule has 1 nitrogen and oxygen atoms in total. The molecule has 0 aliphatic heterocycles. The number of benzene rings is 2. The van der Waals surface area contributed by atoms with Crippen LogP contribution in [0, 0.1) is 19.7 Å². The van der Waals surface area contributed by atoms with Crippen LogP contribution in [0.25, 0.3) is 0 Å². The number of rotatable bonds is 4. The molecule has 0 fully saturated rings. The van der Waals surface area contributed by atoms with E-state index in [0.29, 0.717) is 6.42 Å². The first-order valence-corrected chi connectivity index (χ1v) is 6.52. The smallest absolute Gasteiger partial charge is 0.123 e. The first-order valence-electron chi connectivity index (χ1n) is 6.52. The van der Waals surface area contributed by atoms with Crippen molar-refractivity contribution in [3.8, 4) is 0 Å². The maximum absolute atomic E-state index is 13.3. The second-order valence-electron chi connectivity index (χ2n) is 5.07. The fraction of sp³-hybridized carbons (Fsp3) is 0.294. The second kappa shape index (κ2) is 5.98. The molecule has 0 aliphatic carbocycles. The minimum Gasteiger partial charge on any atom is -0.396 e. The van der Waals surface area contributed by atoms with Crippen LogP contribution >= 0.6 is 0 Å². The zero-order chi connectivity index (χ0) is 13.8. The van der Waals surface area contributed by atoms with Crippen LogP contribution in [0.3, 0.4) is 0 Å². The predicted octanol–water partition coefficient (Wildman–Crippen LogP) is 3.76. The SMILES string of the molecule is Cc1ccc(C(CO)Cc2cc(F)ccc2C)cc1. The summed E-state index contributed by atoms with van der Waals surface area (Å²) in [6.45, 7) is 4.08. The summed E-state index contributed by atoms with van der Waals surface area (Å²) in [6.07, 6.45) is 0.656. The fourth-order valence-electron chi connectivity index (χ4n) is 2.25. The molecule has 0 saturated carbocycles. The first-order chi connectivity index (χ1) is 9.10. The average molecular weight is 258 g/mol. The Labute approximate surface area is 113 Å². The van der Waals surface area contributed by atoms with Gasteiger partial charge in [-0.05, 0) is 49.1 Å². The number of halogens is 1. The van der Waals surface area contributed by atoms with Crippen LogP contribution in [-0.2, 0) is 6.42 Å². The zero-order valence-electron chi connectivity index (χ0n) is 11.4. The summed E-state index contributed by atoms with van der Waals surface area (Å²) >= 11 is 0. The number of aliphatic hydroxyl groups excluding tert-OH is 1. The standard InChI is InChI=1S/C17H19FO/c1-12-3-6-14(7-4-12)16(11-19)9-15-10-17(18)8-5-13(15)2/h3-8,10,16,19H,9,11H2,1-2H3. The van der Waals surface area contributed by atoms with E-state index in [-0.39, 0.29) is 18.3 Å². The summed E-state index contributed by atoms with van der Waals surface area (Å²) in [7, 11) is 0. The maximum atomic E-state index is 13.3. The minimum atomic E-state index is -0.221. The predicted molar refractivity (Wildman–Crippen MR) is 75.8 cm³/mol. The van der Waals surface area contributed by atoms with Crippen molar-refractivity contribution in [3.05, 3.63) is 70.5 Å². The lowest BCUT2D eigenvalue weighted by Crippen LogP contribution is -2.09. The molecule has 1 atom stereocenters. The van der Waals surface area contributed by atoms with Gasteiger partial charge < -0.3 is 5.11 Å². The maximum Gasteiger partial charge on any atom is 0.123 e. The average Bonchev–Trinajstić information content (AvgIpc) is 2.41. The molecule has 2 aromatic carbocycles. The quantitative estimate of drug-likeness (QED) is 0.885. The molecule has 0 aromatic heterocycles. The van der Waals surface area contributed by atoms with Crippen molar-refractivity contribution in [2.45, 2.75) is 26.2 Å². The van der Waals surface area contributed by atoms with Gasteiger partial charge in [-0.1, -0.05) is 35.9 Å². The van der Waals surface area contributed by atoms with E-state index in [1.165, 1.54) is 11.6 Å². The molecule has 0 spiro atoms. The third-order valence-electron chi connectivity index (χ3n) is 3.55. The molecule has 1 N–H and O–H groups in total. The number of hydrogen-bond acceptors (Lipinski definition) is 1. The topological polar surface area (TPSA) is 20.2 Å². The highest BCUT2D eigenvalue weighted by Gasteiger charge is 2.13. The van der Waals surface area contributed by atoms with Gasteiger partial charge in [0.25, 0.3) is 0 Å². The third-order valence-corrected chi connectivity index (χ3v) is 3.55. The van der Waals surface area contributed by atoms with E-state index in [4.69, 9.17) is 0 Å². The van der Waals surface area contributed by atoms with E-state index in [1.54, 1.807) is 12.1 Å². The molecular weight excluding hydrogens is 239 g/mol. The second-order valence-corrected chi connectivity index (χ2v) is 5.07. The molecule has 0 amide bonds. The van der Waals surface area contributed by atoms with E-state index in [9.17, 15) is 9.50 Å². The lowest BCUT2D eigenvalue weighted by molar-refractivity contribution is 0.264. The lowest BCUT2D eigenvalue weighted by atomic mass is 9.90. The van der Waals surface area contributed by atoms with Crippen LogP contribution in [0.15, 0.2) is 42.5 Å². The van der Waals surface area contributed by atoms with Gasteiger partial charge >= 0.3 is 0 Å². The molecule has 100 valence electrons. The Morgan fingerprint density at radius 2 is 1.74 bits per heavy atom. The Hall–Kier alpha value is -1.67. The van der Waals surface area contributed by atoms with Crippen molar-refractivity contribution < 1.29 is 9.50 Å². The lowest BCUT2D eigenvalue weighted by Gasteiger charge is -2.16. The highest BCUT2D eigenvalue weighted by Crippen LogP contribution is 2.23. The first kappa shape index (κ1) is 13.8. The zero-order valence-corrected chi connectivity index (χ0v) is 11.4. The van der Waals surface area contributed by atoms with Crippen molar-refractivity contribution in [2.75, 3.05) is 6.61 Å². The summed E-state index contributed by atoms with van der Waals surface area (Å²) in [5.74, 6) is -0.206. The van der Waals surface area contributed by atoms with Gasteiger partial charge in [-0.2, -0.15) is 0 Å². The highest BCUT2D eigenvalue weighted by molar-refractivity contribution is 5.31. The minimum absolute atomic E-state index is 0.0149. The van der Waals surface area contributed by atoms with E-state index in [2.05, 4.69) is 0 Å². The third kappa shape index (κ3) is 3.42. The molecule has 19 heavy (non-hydrogen) atoms. The number of aryl methyl sites for hydroxylation is 2. The fourth-order valence-corrected chi connectivity index (χ4v) is 2.25. The Morgan fingerprint density at radius 1 is 1.05 bits per heavy atom. The largest absolute Gasteiger partial charge is 0.396 e. The molecular formula is C17H19FO. The van der Waals surface area contributed by atoms with Crippen molar-refractivity contribution in [2.24, 2.45) is 0 Å². The molecule has 1 unspecified atom stereocenters. The molecule has 0 bridgehead atoms. The van der Waals surface area contributed by atoms with Crippen LogP contribution in [0.5, 0.6) is 0 Å². The van der Waals surface area contributed by atoms with Crippen LogP contribution in [0.2, 0.25) is 0 Å². The van der Waals surface area contributed by atoms with Gasteiger partial charge in [0.2, 0.25) is 0 Å². The van der Waals surface area contributed by atoms with Crippen LogP contribution in [0.4, 0.5) is 4.39 Å². The van der Waals surface area contributed by atoms with Gasteiger partial charge in [-0.3, -0.25) is 0 Å². The molecule has 0 saturated heterocycles. The normalized spacial score (nSPS) is 12.4. The molecule has 2 heteroatoms. The van der Waals surface area contributed by atoms with Gasteiger partial charge in [0.15, 0.2) is 0 Å². The van der Waals surface area contributed by atoms with Crippen molar-refractivity contribution in [1.82, 2.24) is 0 Å². The molecule has 0 heterocycles.